The molecule has 0 fully saturated rings. The van der Waals surface area contributed by atoms with Gasteiger partial charge in [0.05, 0.1) is 6.04 Å². The first-order chi connectivity index (χ1) is 12.8. The zero-order valence-electron chi connectivity index (χ0n) is 14.9. The molecule has 2 aromatic carbocycles. The van der Waals surface area contributed by atoms with Gasteiger partial charge in [0.15, 0.2) is 0 Å². The van der Waals surface area contributed by atoms with E-state index in [1.54, 1.807) is 6.08 Å². The van der Waals surface area contributed by atoms with Crippen molar-refractivity contribution >= 4 is 16.7 Å². The van der Waals surface area contributed by atoms with Crippen LogP contribution in [0.5, 0.6) is 0 Å². The van der Waals surface area contributed by atoms with Crippen LogP contribution in [0.15, 0.2) is 77.9 Å². The first kappa shape index (κ1) is 19.0. The lowest BCUT2D eigenvalue weighted by Gasteiger charge is -2.17. The molecule has 0 saturated carbocycles. The summed E-state index contributed by atoms with van der Waals surface area (Å²) in [5, 5.41) is 5.03. The van der Waals surface area contributed by atoms with Gasteiger partial charge >= 0.3 is 6.18 Å². The van der Waals surface area contributed by atoms with Crippen LogP contribution in [-0.2, 0) is 4.79 Å². The van der Waals surface area contributed by atoms with E-state index in [0.29, 0.717) is 5.57 Å². The van der Waals surface area contributed by atoms with E-state index in [1.807, 2.05) is 49.4 Å². The molecule has 0 spiro atoms. The van der Waals surface area contributed by atoms with Gasteiger partial charge in [0.25, 0.3) is 0 Å². The van der Waals surface area contributed by atoms with E-state index in [-0.39, 0.29) is 24.8 Å². The van der Waals surface area contributed by atoms with Crippen molar-refractivity contribution in [2.24, 2.45) is 0 Å². The molecule has 0 aromatic heterocycles. The maximum atomic E-state index is 12.8. The van der Waals surface area contributed by atoms with Gasteiger partial charge in [0, 0.05) is 18.1 Å². The first-order valence-electron chi connectivity index (χ1n) is 8.76. The summed E-state index contributed by atoms with van der Waals surface area (Å²) in [5.41, 5.74) is 0.931. The molecule has 0 saturated heterocycles. The molecule has 3 rings (SSSR count). The molecule has 140 valence electrons. The van der Waals surface area contributed by atoms with Gasteiger partial charge in [-0.1, -0.05) is 60.7 Å². The maximum Gasteiger partial charge on any atom is 0.412 e. The third kappa shape index (κ3) is 4.67. The van der Waals surface area contributed by atoms with E-state index in [2.05, 4.69) is 5.32 Å². The van der Waals surface area contributed by atoms with Crippen molar-refractivity contribution in [1.82, 2.24) is 5.32 Å². The van der Waals surface area contributed by atoms with E-state index in [4.69, 9.17) is 0 Å². The number of benzene rings is 2. The topological polar surface area (TPSA) is 29.1 Å². The Balaban J connectivity index is 1.65. The summed E-state index contributed by atoms with van der Waals surface area (Å²) < 4.78 is 38.4. The molecule has 2 nitrogen and oxygen atoms in total. The van der Waals surface area contributed by atoms with E-state index < -0.39 is 11.7 Å². The number of carbonyl (C=O) groups is 1. The van der Waals surface area contributed by atoms with Crippen LogP contribution in [0.25, 0.3) is 10.8 Å². The fraction of sp³-hybridized carbons (Fsp3) is 0.227. The largest absolute Gasteiger partial charge is 0.412 e. The van der Waals surface area contributed by atoms with Gasteiger partial charge < -0.3 is 5.32 Å². The lowest BCUT2D eigenvalue weighted by Crippen LogP contribution is -2.24. The van der Waals surface area contributed by atoms with Gasteiger partial charge in [-0.05, 0) is 35.3 Å². The monoisotopic (exact) mass is 371 g/mol. The third-order valence-electron chi connectivity index (χ3n) is 4.60. The Morgan fingerprint density at radius 2 is 1.85 bits per heavy atom. The van der Waals surface area contributed by atoms with Crippen LogP contribution in [0.4, 0.5) is 13.2 Å². The van der Waals surface area contributed by atoms with Crippen molar-refractivity contribution in [2.75, 3.05) is 0 Å². The van der Waals surface area contributed by atoms with Gasteiger partial charge in [-0.15, -0.1) is 0 Å². The third-order valence-corrected chi connectivity index (χ3v) is 4.60. The normalized spacial score (nSPS) is 16.1. The van der Waals surface area contributed by atoms with Gasteiger partial charge in [0.1, 0.15) is 0 Å². The number of carbonyl (C=O) groups excluding carboxylic acids is 1. The van der Waals surface area contributed by atoms with Crippen molar-refractivity contribution in [3.05, 3.63) is 83.5 Å². The maximum absolute atomic E-state index is 12.8. The van der Waals surface area contributed by atoms with Crippen LogP contribution in [0.1, 0.15) is 31.4 Å². The van der Waals surface area contributed by atoms with Crippen LogP contribution in [0.2, 0.25) is 0 Å². The number of hydrogen-bond acceptors (Lipinski definition) is 1. The summed E-state index contributed by atoms with van der Waals surface area (Å²) in [5.74, 6) is -0.334. The second kappa shape index (κ2) is 7.82. The Bertz CT molecular complexity index is 933. The standard InChI is InChI=1S/C22H20F3NO/c1-15(19-11-5-8-17-7-2-3-10-20(17)19)26-21(27)13-12-16-6-4-9-18(14-16)22(23,24)25/h2-3,5-13,15H,4,14H2,1H3,(H,26,27)/b13-12+/t15-/m1/s1. The highest BCUT2D eigenvalue weighted by atomic mass is 19.4. The second-order valence-electron chi connectivity index (χ2n) is 6.55. The van der Waals surface area contributed by atoms with Crippen LogP contribution in [-0.4, -0.2) is 12.1 Å². The lowest BCUT2D eigenvalue weighted by molar-refractivity contribution is -0.117. The molecule has 1 N–H and O–H groups in total. The molecule has 0 heterocycles. The van der Waals surface area contributed by atoms with Gasteiger partial charge in [-0.25, -0.2) is 0 Å². The average molecular weight is 371 g/mol. The second-order valence-corrected chi connectivity index (χ2v) is 6.55. The molecule has 1 atom stereocenters. The summed E-state index contributed by atoms with van der Waals surface area (Å²) in [4.78, 5) is 12.2. The van der Waals surface area contributed by atoms with Gasteiger partial charge in [0.2, 0.25) is 5.91 Å². The highest BCUT2D eigenvalue weighted by molar-refractivity contribution is 5.90. The minimum absolute atomic E-state index is 0.202. The molecule has 0 unspecified atom stereocenters. The molecule has 0 bridgehead atoms. The van der Waals surface area contributed by atoms with Crippen LogP contribution < -0.4 is 5.32 Å². The van der Waals surface area contributed by atoms with Crippen LogP contribution in [0.3, 0.4) is 0 Å². The number of rotatable bonds is 4. The summed E-state index contributed by atoms with van der Waals surface area (Å²) in [6, 6.07) is 13.6. The zero-order chi connectivity index (χ0) is 19.4. The van der Waals surface area contributed by atoms with E-state index in [1.165, 1.54) is 18.2 Å². The average Bonchev–Trinajstić information content (AvgIpc) is 2.65. The Morgan fingerprint density at radius 3 is 2.63 bits per heavy atom. The molecule has 0 aliphatic heterocycles. The van der Waals surface area contributed by atoms with E-state index in [9.17, 15) is 18.0 Å². The van der Waals surface area contributed by atoms with Crippen molar-refractivity contribution in [2.45, 2.75) is 32.0 Å². The van der Waals surface area contributed by atoms with Crippen molar-refractivity contribution < 1.29 is 18.0 Å². The molecule has 0 radical (unpaired) electrons. The van der Waals surface area contributed by atoms with E-state index >= 15 is 0 Å². The smallest absolute Gasteiger partial charge is 0.346 e. The number of nitrogens with one attached hydrogen (secondary N) is 1. The Kier molecular flexibility index (Phi) is 5.49. The highest BCUT2D eigenvalue weighted by Crippen LogP contribution is 2.33. The fourth-order valence-electron chi connectivity index (χ4n) is 3.21. The molecule has 2 aromatic rings. The number of amides is 1. The molecule has 5 heteroatoms. The Labute approximate surface area is 156 Å². The molecule has 1 aliphatic rings. The van der Waals surface area contributed by atoms with Crippen LogP contribution >= 0.6 is 0 Å². The molecule has 1 amide bonds. The molecular formula is C22H20F3NO. The Hall–Kier alpha value is -2.82. The summed E-state index contributed by atoms with van der Waals surface area (Å²) in [7, 11) is 0. The minimum atomic E-state index is -4.32. The molecular weight excluding hydrogens is 351 g/mol. The van der Waals surface area contributed by atoms with Crippen LogP contribution in [0, 0.1) is 0 Å². The van der Waals surface area contributed by atoms with Crippen molar-refractivity contribution in [3.63, 3.8) is 0 Å². The number of halogens is 3. The van der Waals surface area contributed by atoms with Gasteiger partial charge in [-0.2, -0.15) is 13.2 Å². The molecule has 27 heavy (non-hydrogen) atoms. The molecule has 1 aliphatic carbocycles. The number of hydrogen-bond donors (Lipinski definition) is 1. The predicted octanol–water partition coefficient (Wildman–Crippen LogP) is 5.78. The highest BCUT2D eigenvalue weighted by Gasteiger charge is 2.33. The fourth-order valence-corrected chi connectivity index (χ4v) is 3.21. The number of allylic oxidation sites excluding steroid dienone is 5. The number of fused-ring (bicyclic) bond motifs is 1. The Morgan fingerprint density at radius 1 is 1.11 bits per heavy atom. The minimum Gasteiger partial charge on any atom is -0.346 e. The number of alkyl halides is 3. The SMILES string of the molecule is C[C@@H](NC(=O)/C=C/C1=CCC=C(C(F)(F)F)C1)c1cccc2ccccc12. The first-order valence-corrected chi connectivity index (χ1v) is 8.76. The zero-order valence-corrected chi connectivity index (χ0v) is 14.9. The quantitative estimate of drug-likeness (QED) is 0.535. The lowest BCUT2D eigenvalue weighted by atomic mass is 9.97. The summed E-state index contributed by atoms with van der Waals surface area (Å²) in [6.45, 7) is 1.89. The van der Waals surface area contributed by atoms with Gasteiger partial charge in [-0.3, -0.25) is 4.79 Å². The van der Waals surface area contributed by atoms with Crippen molar-refractivity contribution in [3.8, 4) is 0 Å². The predicted molar refractivity (Wildman–Crippen MR) is 101 cm³/mol. The summed E-state index contributed by atoms with van der Waals surface area (Å²) in [6.07, 6.45) is 1.34. The van der Waals surface area contributed by atoms with Crippen molar-refractivity contribution in [1.29, 1.82) is 0 Å². The van der Waals surface area contributed by atoms with E-state index in [0.717, 1.165) is 16.3 Å². The summed E-state index contributed by atoms with van der Waals surface area (Å²) >= 11 is 0.